The second-order valence-corrected chi connectivity index (χ2v) is 7.37. The Morgan fingerprint density at radius 1 is 1.45 bits per heavy atom. The molecule has 1 heterocycles. The van der Waals surface area contributed by atoms with E-state index in [0.29, 0.717) is 17.4 Å². The molecule has 1 aliphatic carbocycles. The molecular weight excluding hydrogens is 266 g/mol. The highest BCUT2D eigenvalue weighted by atomic mass is 32.2. The molecule has 1 N–H and O–H groups in total. The van der Waals surface area contributed by atoms with Crippen LogP contribution >= 0.6 is 11.8 Å². The van der Waals surface area contributed by atoms with Crippen molar-refractivity contribution in [3.63, 3.8) is 0 Å². The van der Waals surface area contributed by atoms with Crippen molar-refractivity contribution in [3.05, 3.63) is 11.6 Å². The molecule has 0 aromatic carbocycles. The van der Waals surface area contributed by atoms with Crippen molar-refractivity contribution >= 4 is 11.8 Å². The standard InChI is InChI=1S/C17H31NOS/c1-4-6-13(5-2)16-17(20-12-11-19-16)14-7-9-15(18-3)10-8-14/h7,13,15-18H,4-6,8-12H2,1-3H3. The molecule has 1 saturated heterocycles. The topological polar surface area (TPSA) is 21.3 Å². The summed E-state index contributed by atoms with van der Waals surface area (Å²) in [4.78, 5) is 0. The van der Waals surface area contributed by atoms with Gasteiger partial charge in [0.15, 0.2) is 0 Å². The van der Waals surface area contributed by atoms with Gasteiger partial charge >= 0.3 is 0 Å². The predicted molar refractivity (Wildman–Crippen MR) is 89.5 cm³/mol. The molecule has 4 atom stereocenters. The third-order valence-corrected chi connectivity index (χ3v) is 6.19. The van der Waals surface area contributed by atoms with Crippen LogP contribution in [0.15, 0.2) is 11.6 Å². The highest BCUT2D eigenvalue weighted by Gasteiger charge is 2.35. The van der Waals surface area contributed by atoms with Crippen LogP contribution < -0.4 is 5.32 Å². The third kappa shape index (κ3) is 4.02. The van der Waals surface area contributed by atoms with E-state index < -0.39 is 0 Å². The number of rotatable bonds is 6. The predicted octanol–water partition coefficient (Wildman–Crippen LogP) is 4.01. The Labute approximate surface area is 129 Å². The van der Waals surface area contributed by atoms with Gasteiger partial charge in [0.25, 0.3) is 0 Å². The monoisotopic (exact) mass is 297 g/mol. The van der Waals surface area contributed by atoms with E-state index in [-0.39, 0.29) is 0 Å². The number of hydrogen-bond donors (Lipinski definition) is 1. The van der Waals surface area contributed by atoms with Gasteiger partial charge in [0.05, 0.1) is 18.0 Å². The summed E-state index contributed by atoms with van der Waals surface area (Å²) in [6.45, 7) is 5.57. The van der Waals surface area contributed by atoms with Gasteiger partial charge in [-0.2, -0.15) is 0 Å². The molecule has 2 nitrogen and oxygen atoms in total. The van der Waals surface area contributed by atoms with E-state index in [4.69, 9.17) is 4.74 Å². The molecule has 116 valence electrons. The molecule has 3 heteroatoms. The van der Waals surface area contributed by atoms with Crippen LogP contribution in [0.25, 0.3) is 0 Å². The van der Waals surface area contributed by atoms with Crippen molar-refractivity contribution in [2.75, 3.05) is 19.4 Å². The molecule has 0 bridgehead atoms. The summed E-state index contributed by atoms with van der Waals surface area (Å²) in [5.41, 5.74) is 1.67. The van der Waals surface area contributed by atoms with Gasteiger partial charge in [0.2, 0.25) is 0 Å². The molecule has 1 fully saturated rings. The van der Waals surface area contributed by atoms with E-state index in [2.05, 4.69) is 44.0 Å². The van der Waals surface area contributed by atoms with Gasteiger partial charge in [-0.25, -0.2) is 0 Å². The van der Waals surface area contributed by atoms with Crippen LogP contribution in [0.5, 0.6) is 0 Å². The van der Waals surface area contributed by atoms with E-state index >= 15 is 0 Å². The number of thioether (sulfide) groups is 1. The Morgan fingerprint density at radius 2 is 2.30 bits per heavy atom. The maximum atomic E-state index is 6.23. The molecule has 0 radical (unpaired) electrons. The Balaban J connectivity index is 2.04. The van der Waals surface area contributed by atoms with Crippen molar-refractivity contribution < 1.29 is 4.74 Å². The van der Waals surface area contributed by atoms with Crippen molar-refractivity contribution in [2.24, 2.45) is 5.92 Å². The quantitative estimate of drug-likeness (QED) is 0.748. The van der Waals surface area contributed by atoms with Gasteiger partial charge in [-0.1, -0.05) is 38.3 Å². The maximum absolute atomic E-state index is 6.23. The molecule has 2 aliphatic rings. The number of nitrogens with one attached hydrogen (secondary N) is 1. The van der Waals surface area contributed by atoms with Gasteiger partial charge in [0, 0.05) is 11.8 Å². The molecular formula is C17H31NOS. The van der Waals surface area contributed by atoms with Crippen LogP contribution in [-0.4, -0.2) is 36.8 Å². The Bertz CT molecular complexity index is 318. The van der Waals surface area contributed by atoms with E-state index in [1.165, 1.54) is 38.5 Å². The minimum absolute atomic E-state index is 0.455. The first-order valence-electron chi connectivity index (χ1n) is 8.39. The van der Waals surface area contributed by atoms with Crippen molar-refractivity contribution in [1.82, 2.24) is 5.32 Å². The summed E-state index contributed by atoms with van der Waals surface area (Å²) in [5, 5.41) is 4.03. The lowest BCUT2D eigenvalue weighted by Gasteiger charge is -2.39. The molecule has 0 amide bonds. The maximum Gasteiger partial charge on any atom is 0.0759 e. The van der Waals surface area contributed by atoms with Crippen LogP contribution in [0.3, 0.4) is 0 Å². The fraction of sp³-hybridized carbons (Fsp3) is 0.882. The molecule has 0 aromatic rings. The van der Waals surface area contributed by atoms with E-state index in [1.807, 2.05) is 0 Å². The zero-order chi connectivity index (χ0) is 14.4. The fourth-order valence-electron chi connectivity index (χ4n) is 3.59. The summed E-state index contributed by atoms with van der Waals surface area (Å²) in [6.07, 6.45) is 10.5. The van der Waals surface area contributed by atoms with Gasteiger partial charge < -0.3 is 10.1 Å². The molecule has 0 saturated carbocycles. The number of hydrogen-bond acceptors (Lipinski definition) is 3. The zero-order valence-electron chi connectivity index (χ0n) is 13.4. The lowest BCUT2D eigenvalue weighted by Crippen LogP contribution is -2.41. The second-order valence-electron chi connectivity index (χ2n) is 6.12. The van der Waals surface area contributed by atoms with Crippen LogP contribution in [-0.2, 0) is 4.74 Å². The van der Waals surface area contributed by atoms with Gasteiger partial charge in [-0.05, 0) is 38.6 Å². The molecule has 0 spiro atoms. The summed E-state index contributed by atoms with van der Waals surface area (Å²) < 4.78 is 6.23. The second kappa shape index (κ2) is 8.45. The highest BCUT2D eigenvalue weighted by Crippen LogP contribution is 2.38. The lowest BCUT2D eigenvalue weighted by molar-refractivity contribution is 0.0141. The Morgan fingerprint density at radius 3 is 2.90 bits per heavy atom. The van der Waals surface area contributed by atoms with Gasteiger partial charge in [0.1, 0.15) is 0 Å². The Kier molecular flexibility index (Phi) is 6.92. The van der Waals surface area contributed by atoms with Crippen LogP contribution in [0, 0.1) is 5.92 Å². The molecule has 4 unspecified atom stereocenters. The van der Waals surface area contributed by atoms with E-state index in [9.17, 15) is 0 Å². The fourth-order valence-corrected chi connectivity index (χ4v) is 4.95. The SMILES string of the molecule is CCCC(CC)C1OCCSC1C1=CCC(NC)CC1. The minimum Gasteiger partial charge on any atom is -0.376 e. The van der Waals surface area contributed by atoms with Crippen molar-refractivity contribution in [3.8, 4) is 0 Å². The summed E-state index contributed by atoms with van der Waals surface area (Å²) >= 11 is 2.14. The lowest BCUT2D eigenvalue weighted by atomic mass is 9.85. The number of ether oxygens (including phenoxy) is 1. The zero-order valence-corrected chi connectivity index (χ0v) is 14.2. The smallest absolute Gasteiger partial charge is 0.0759 e. The molecule has 0 aromatic heterocycles. The minimum atomic E-state index is 0.455. The summed E-state index contributed by atoms with van der Waals surface area (Å²) in [6, 6.07) is 0.685. The molecule has 20 heavy (non-hydrogen) atoms. The largest absolute Gasteiger partial charge is 0.376 e. The first-order chi connectivity index (χ1) is 9.80. The van der Waals surface area contributed by atoms with Crippen LogP contribution in [0.4, 0.5) is 0 Å². The normalized spacial score (nSPS) is 32.8. The van der Waals surface area contributed by atoms with E-state index in [1.54, 1.807) is 5.57 Å². The Hall–Kier alpha value is 0.01000. The third-order valence-electron chi connectivity index (χ3n) is 4.86. The van der Waals surface area contributed by atoms with Crippen LogP contribution in [0.1, 0.15) is 52.4 Å². The van der Waals surface area contributed by atoms with Gasteiger partial charge in [-0.3, -0.25) is 0 Å². The highest BCUT2D eigenvalue weighted by molar-refractivity contribution is 8.00. The summed E-state index contributed by atoms with van der Waals surface area (Å²) in [5.74, 6) is 1.90. The first-order valence-corrected chi connectivity index (χ1v) is 9.44. The van der Waals surface area contributed by atoms with Crippen molar-refractivity contribution in [1.29, 1.82) is 0 Å². The average molecular weight is 298 g/mol. The van der Waals surface area contributed by atoms with Gasteiger partial charge in [-0.15, -0.1) is 11.8 Å². The van der Waals surface area contributed by atoms with Crippen molar-refractivity contribution in [2.45, 2.75) is 69.8 Å². The molecule has 2 rings (SSSR count). The van der Waals surface area contributed by atoms with Crippen LogP contribution in [0.2, 0.25) is 0 Å². The average Bonchev–Trinajstić information content (AvgIpc) is 2.53. The summed E-state index contributed by atoms with van der Waals surface area (Å²) in [7, 11) is 2.08. The van der Waals surface area contributed by atoms with E-state index in [0.717, 1.165) is 18.3 Å². The molecule has 1 aliphatic heterocycles. The first kappa shape index (κ1) is 16.4.